The van der Waals surface area contributed by atoms with Crippen LogP contribution in [0.2, 0.25) is 0 Å². The van der Waals surface area contributed by atoms with Crippen molar-refractivity contribution in [3.05, 3.63) is 17.6 Å². The van der Waals surface area contributed by atoms with Crippen LogP contribution in [-0.4, -0.2) is 16.5 Å². The van der Waals surface area contributed by atoms with E-state index in [0.717, 1.165) is 30.3 Å². The summed E-state index contributed by atoms with van der Waals surface area (Å²) in [5, 5.41) is 3.40. The van der Waals surface area contributed by atoms with E-state index in [0.29, 0.717) is 0 Å². The standard InChI is InChI=1S/C15H27N3/c1-4-6-7-8-9-10-11-16-15-12-14(5-2)17-13(3)18-15/h12H,4-11H2,1-3H3,(H,16,17,18). The number of rotatable bonds is 9. The number of aromatic nitrogens is 2. The minimum absolute atomic E-state index is 0.861. The summed E-state index contributed by atoms with van der Waals surface area (Å²) in [6, 6.07) is 2.06. The first-order valence-electron chi connectivity index (χ1n) is 7.34. The van der Waals surface area contributed by atoms with E-state index in [1.165, 1.54) is 38.5 Å². The van der Waals surface area contributed by atoms with Crippen LogP contribution in [0.1, 0.15) is 63.9 Å². The van der Waals surface area contributed by atoms with Gasteiger partial charge in [0.15, 0.2) is 0 Å². The molecule has 1 aromatic rings. The van der Waals surface area contributed by atoms with Crippen LogP contribution in [-0.2, 0) is 6.42 Å². The minimum Gasteiger partial charge on any atom is -0.370 e. The van der Waals surface area contributed by atoms with E-state index in [2.05, 4.69) is 35.2 Å². The van der Waals surface area contributed by atoms with Gasteiger partial charge in [-0.2, -0.15) is 0 Å². The van der Waals surface area contributed by atoms with Crippen molar-refractivity contribution in [2.75, 3.05) is 11.9 Å². The van der Waals surface area contributed by atoms with Gasteiger partial charge < -0.3 is 5.32 Å². The minimum atomic E-state index is 0.861. The van der Waals surface area contributed by atoms with E-state index in [1.54, 1.807) is 0 Å². The van der Waals surface area contributed by atoms with Crippen molar-refractivity contribution in [3.63, 3.8) is 0 Å². The number of unbranched alkanes of at least 4 members (excludes halogenated alkanes) is 5. The third-order valence-corrected chi connectivity index (χ3v) is 3.09. The van der Waals surface area contributed by atoms with Gasteiger partial charge >= 0.3 is 0 Å². The fraction of sp³-hybridized carbons (Fsp3) is 0.733. The highest BCUT2D eigenvalue weighted by Gasteiger charge is 1.99. The van der Waals surface area contributed by atoms with Crippen molar-refractivity contribution in [3.8, 4) is 0 Å². The molecule has 18 heavy (non-hydrogen) atoms. The summed E-state index contributed by atoms with van der Waals surface area (Å²) < 4.78 is 0. The van der Waals surface area contributed by atoms with Crippen LogP contribution < -0.4 is 5.32 Å². The summed E-state index contributed by atoms with van der Waals surface area (Å²) in [5.74, 6) is 1.84. The Balaban J connectivity index is 2.20. The van der Waals surface area contributed by atoms with Gasteiger partial charge in [-0.25, -0.2) is 9.97 Å². The first kappa shape index (κ1) is 14.9. The molecule has 3 heteroatoms. The molecule has 0 spiro atoms. The molecule has 1 heterocycles. The fourth-order valence-corrected chi connectivity index (χ4v) is 2.02. The van der Waals surface area contributed by atoms with Gasteiger partial charge in [0.25, 0.3) is 0 Å². The van der Waals surface area contributed by atoms with E-state index in [4.69, 9.17) is 0 Å². The largest absolute Gasteiger partial charge is 0.370 e. The zero-order valence-corrected chi connectivity index (χ0v) is 12.1. The summed E-state index contributed by atoms with van der Waals surface area (Å²) >= 11 is 0. The van der Waals surface area contributed by atoms with Gasteiger partial charge in [0, 0.05) is 18.3 Å². The predicted octanol–water partition coefficient (Wildman–Crippen LogP) is 4.12. The molecule has 0 aromatic carbocycles. The molecule has 0 atom stereocenters. The SMILES string of the molecule is CCCCCCCCNc1cc(CC)nc(C)n1. The summed E-state index contributed by atoms with van der Waals surface area (Å²) in [5.41, 5.74) is 1.12. The van der Waals surface area contributed by atoms with E-state index in [9.17, 15) is 0 Å². The van der Waals surface area contributed by atoms with Crippen LogP contribution >= 0.6 is 0 Å². The summed E-state index contributed by atoms with van der Waals surface area (Å²) in [6.07, 6.45) is 8.94. The molecule has 1 aromatic heterocycles. The molecular weight excluding hydrogens is 222 g/mol. The lowest BCUT2D eigenvalue weighted by molar-refractivity contribution is 0.616. The predicted molar refractivity (Wildman–Crippen MR) is 78.0 cm³/mol. The second kappa shape index (κ2) is 8.90. The number of hydrogen-bond donors (Lipinski definition) is 1. The van der Waals surface area contributed by atoms with E-state index < -0.39 is 0 Å². The Kier molecular flexibility index (Phi) is 7.38. The molecule has 1 rings (SSSR count). The molecule has 0 aliphatic rings. The first-order valence-corrected chi connectivity index (χ1v) is 7.34. The van der Waals surface area contributed by atoms with Gasteiger partial charge in [-0.1, -0.05) is 46.0 Å². The molecule has 0 radical (unpaired) electrons. The topological polar surface area (TPSA) is 37.8 Å². The van der Waals surface area contributed by atoms with Gasteiger partial charge in [0.2, 0.25) is 0 Å². The molecular formula is C15H27N3. The van der Waals surface area contributed by atoms with Crippen LogP contribution in [0.5, 0.6) is 0 Å². The molecule has 0 bridgehead atoms. The lowest BCUT2D eigenvalue weighted by Crippen LogP contribution is -2.06. The number of hydrogen-bond acceptors (Lipinski definition) is 3. The van der Waals surface area contributed by atoms with E-state index >= 15 is 0 Å². The maximum absolute atomic E-state index is 4.41. The Labute approximate surface area is 111 Å². The average molecular weight is 249 g/mol. The van der Waals surface area contributed by atoms with Crippen molar-refractivity contribution < 1.29 is 0 Å². The second-order valence-corrected chi connectivity index (χ2v) is 4.84. The summed E-state index contributed by atoms with van der Waals surface area (Å²) in [4.78, 5) is 8.79. The van der Waals surface area contributed by atoms with Crippen molar-refractivity contribution in [1.29, 1.82) is 0 Å². The zero-order valence-electron chi connectivity index (χ0n) is 12.1. The maximum atomic E-state index is 4.41. The van der Waals surface area contributed by atoms with Crippen LogP contribution in [0.15, 0.2) is 6.07 Å². The molecule has 0 amide bonds. The second-order valence-electron chi connectivity index (χ2n) is 4.84. The van der Waals surface area contributed by atoms with E-state index in [1.807, 2.05) is 6.92 Å². The Morgan fingerprint density at radius 1 is 1.00 bits per heavy atom. The van der Waals surface area contributed by atoms with Crippen molar-refractivity contribution in [2.45, 2.75) is 65.7 Å². The van der Waals surface area contributed by atoms with Gasteiger partial charge in [-0.3, -0.25) is 0 Å². The molecule has 1 N–H and O–H groups in total. The van der Waals surface area contributed by atoms with Crippen molar-refractivity contribution in [2.24, 2.45) is 0 Å². The molecule has 0 unspecified atom stereocenters. The zero-order chi connectivity index (χ0) is 13.2. The number of anilines is 1. The van der Waals surface area contributed by atoms with Gasteiger partial charge in [-0.15, -0.1) is 0 Å². The highest BCUT2D eigenvalue weighted by atomic mass is 15.0. The van der Waals surface area contributed by atoms with Crippen LogP contribution in [0.4, 0.5) is 5.82 Å². The number of nitrogens with one attached hydrogen (secondary N) is 1. The normalized spacial score (nSPS) is 10.6. The average Bonchev–Trinajstić information content (AvgIpc) is 2.37. The van der Waals surface area contributed by atoms with Gasteiger partial charge in [0.1, 0.15) is 11.6 Å². The lowest BCUT2D eigenvalue weighted by Gasteiger charge is -2.07. The molecule has 0 saturated carbocycles. The monoisotopic (exact) mass is 249 g/mol. The van der Waals surface area contributed by atoms with Gasteiger partial charge in [0.05, 0.1) is 0 Å². The molecule has 0 fully saturated rings. The van der Waals surface area contributed by atoms with Crippen LogP contribution in [0, 0.1) is 6.92 Å². The molecule has 102 valence electrons. The molecule has 0 aliphatic carbocycles. The summed E-state index contributed by atoms with van der Waals surface area (Å²) in [6.45, 7) is 7.35. The Morgan fingerprint density at radius 2 is 1.72 bits per heavy atom. The highest BCUT2D eigenvalue weighted by molar-refractivity contribution is 5.35. The molecule has 0 saturated heterocycles. The van der Waals surface area contributed by atoms with E-state index in [-0.39, 0.29) is 0 Å². The summed E-state index contributed by atoms with van der Waals surface area (Å²) in [7, 11) is 0. The Morgan fingerprint density at radius 3 is 2.44 bits per heavy atom. The van der Waals surface area contributed by atoms with Crippen molar-refractivity contribution >= 4 is 5.82 Å². The Bertz CT molecular complexity index is 337. The third-order valence-electron chi connectivity index (χ3n) is 3.09. The number of aryl methyl sites for hydroxylation is 2. The van der Waals surface area contributed by atoms with Crippen molar-refractivity contribution in [1.82, 2.24) is 9.97 Å². The van der Waals surface area contributed by atoms with Gasteiger partial charge in [-0.05, 0) is 19.8 Å². The fourth-order valence-electron chi connectivity index (χ4n) is 2.02. The van der Waals surface area contributed by atoms with Crippen LogP contribution in [0.25, 0.3) is 0 Å². The number of nitrogens with zero attached hydrogens (tertiary/aromatic N) is 2. The highest BCUT2D eigenvalue weighted by Crippen LogP contribution is 2.09. The first-order chi connectivity index (χ1) is 8.76. The third kappa shape index (κ3) is 5.99. The maximum Gasteiger partial charge on any atom is 0.129 e. The smallest absolute Gasteiger partial charge is 0.129 e. The molecule has 3 nitrogen and oxygen atoms in total. The lowest BCUT2D eigenvalue weighted by atomic mass is 10.1. The molecule has 0 aliphatic heterocycles. The van der Waals surface area contributed by atoms with Crippen LogP contribution in [0.3, 0.4) is 0 Å². The quantitative estimate of drug-likeness (QED) is 0.669. The Hall–Kier alpha value is -1.12.